The van der Waals surface area contributed by atoms with E-state index in [4.69, 9.17) is 0 Å². The fourth-order valence-corrected chi connectivity index (χ4v) is 2.63. The smallest absolute Gasteiger partial charge is 0.252 e. The maximum Gasteiger partial charge on any atom is 0.252 e. The minimum Gasteiger partial charge on any atom is -0.351 e. The summed E-state index contributed by atoms with van der Waals surface area (Å²) in [5, 5.41) is 7.81. The number of carbonyl (C=O) groups is 2. The summed E-state index contributed by atoms with van der Waals surface area (Å²) in [5.41, 5.74) is 0.869. The van der Waals surface area contributed by atoms with Gasteiger partial charge in [-0.15, -0.1) is 11.3 Å². The number of nitrogens with one attached hydrogen (secondary N) is 2. The zero-order valence-electron chi connectivity index (χ0n) is 11.9. The van der Waals surface area contributed by atoms with Crippen molar-refractivity contribution < 1.29 is 9.59 Å². The Hall–Kier alpha value is -1.98. The van der Waals surface area contributed by atoms with E-state index in [0.29, 0.717) is 29.1 Å². The SMILES string of the molecule is CCNCCNC(=O)c1ccccc1C(=O)c1cccs1. The molecule has 0 unspecified atom stereocenters. The van der Waals surface area contributed by atoms with Crippen molar-refractivity contribution in [2.75, 3.05) is 19.6 Å². The number of hydrogen-bond donors (Lipinski definition) is 2. The first-order chi connectivity index (χ1) is 10.2. The molecule has 4 nitrogen and oxygen atoms in total. The lowest BCUT2D eigenvalue weighted by Crippen LogP contribution is -2.32. The van der Waals surface area contributed by atoms with E-state index < -0.39 is 0 Å². The summed E-state index contributed by atoms with van der Waals surface area (Å²) < 4.78 is 0. The fourth-order valence-electron chi connectivity index (χ4n) is 1.96. The van der Waals surface area contributed by atoms with Gasteiger partial charge in [0.25, 0.3) is 5.91 Å². The van der Waals surface area contributed by atoms with Crippen LogP contribution in [0.5, 0.6) is 0 Å². The molecular weight excluding hydrogens is 284 g/mol. The van der Waals surface area contributed by atoms with Crippen molar-refractivity contribution in [3.8, 4) is 0 Å². The monoisotopic (exact) mass is 302 g/mol. The van der Waals surface area contributed by atoms with E-state index in [-0.39, 0.29) is 11.7 Å². The number of hydrogen-bond acceptors (Lipinski definition) is 4. The maximum absolute atomic E-state index is 12.4. The first-order valence-corrected chi connectivity index (χ1v) is 7.78. The van der Waals surface area contributed by atoms with Gasteiger partial charge in [0.1, 0.15) is 0 Å². The van der Waals surface area contributed by atoms with Gasteiger partial charge >= 0.3 is 0 Å². The van der Waals surface area contributed by atoms with Crippen LogP contribution in [-0.4, -0.2) is 31.3 Å². The second-order valence-electron chi connectivity index (χ2n) is 4.46. The van der Waals surface area contributed by atoms with E-state index in [1.807, 2.05) is 18.4 Å². The molecule has 1 aromatic heterocycles. The molecule has 0 aliphatic carbocycles. The average molecular weight is 302 g/mol. The van der Waals surface area contributed by atoms with Gasteiger partial charge in [0.05, 0.1) is 10.4 Å². The summed E-state index contributed by atoms with van der Waals surface area (Å²) in [4.78, 5) is 25.3. The molecule has 2 rings (SSSR count). The molecule has 0 atom stereocenters. The molecule has 21 heavy (non-hydrogen) atoms. The van der Waals surface area contributed by atoms with E-state index >= 15 is 0 Å². The highest BCUT2D eigenvalue weighted by Gasteiger charge is 2.18. The highest BCUT2D eigenvalue weighted by molar-refractivity contribution is 7.12. The third kappa shape index (κ3) is 4.00. The number of amides is 1. The van der Waals surface area contributed by atoms with Gasteiger partial charge in [-0.05, 0) is 24.1 Å². The number of carbonyl (C=O) groups excluding carboxylic acids is 2. The summed E-state index contributed by atoms with van der Waals surface area (Å²) in [6.45, 7) is 4.12. The molecule has 0 bridgehead atoms. The zero-order chi connectivity index (χ0) is 15.1. The lowest BCUT2D eigenvalue weighted by molar-refractivity contribution is 0.0943. The Morgan fingerprint density at radius 3 is 2.48 bits per heavy atom. The van der Waals surface area contributed by atoms with Crippen molar-refractivity contribution in [1.82, 2.24) is 10.6 Å². The Balaban J connectivity index is 2.13. The molecule has 1 amide bonds. The summed E-state index contributed by atoms with van der Waals surface area (Å²) in [6, 6.07) is 10.5. The first kappa shape index (κ1) is 15.4. The number of rotatable bonds is 7. The van der Waals surface area contributed by atoms with Crippen LogP contribution in [-0.2, 0) is 0 Å². The van der Waals surface area contributed by atoms with E-state index in [2.05, 4.69) is 10.6 Å². The Labute approximate surface area is 128 Å². The minimum atomic E-state index is -0.214. The molecule has 0 saturated carbocycles. The number of benzene rings is 1. The van der Waals surface area contributed by atoms with E-state index in [1.54, 1.807) is 30.3 Å². The topological polar surface area (TPSA) is 58.2 Å². The molecule has 2 aromatic rings. The average Bonchev–Trinajstić information content (AvgIpc) is 3.05. The van der Waals surface area contributed by atoms with Gasteiger partial charge in [-0.1, -0.05) is 31.2 Å². The number of likely N-dealkylation sites (N-methyl/N-ethyl adjacent to an activating group) is 1. The van der Waals surface area contributed by atoms with Gasteiger partial charge in [-0.2, -0.15) is 0 Å². The van der Waals surface area contributed by atoms with Crippen LogP contribution < -0.4 is 10.6 Å². The maximum atomic E-state index is 12.4. The lowest BCUT2D eigenvalue weighted by atomic mass is 10.0. The molecule has 0 aliphatic rings. The van der Waals surface area contributed by atoms with Gasteiger partial charge in [-0.3, -0.25) is 9.59 Å². The van der Waals surface area contributed by atoms with Gasteiger partial charge < -0.3 is 10.6 Å². The second-order valence-corrected chi connectivity index (χ2v) is 5.41. The quantitative estimate of drug-likeness (QED) is 0.609. The largest absolute Gasteiger partial charge is 0.351 e. The van der Waals surface area contributed by atoms with Gasteiger partial charge in [0, 0.05) is 18.7 Å². The molecule has 2 N–H and O–H groups in total. The van der Waals surface area contributed by atoms with Gasteiger partial charge in [0.2, 0.25) is 5.78 Å². The molecule has 0 radical (unpaired) electrons. The third-order valence-electron chi connectivity index (χ3n) is 3.00. The zero-order valence-corrected chi connectivity index (χ0v) is 12.7. The molecule has 0 saturated heterocycles. The summed E-state index contributed by atoms with van der Waals surface area (Å²) in [5.74, 6) is -0.323. The molecular formula is C16H18N2O2S. The Morgan fingerprint density at radius 2 is 1.81 bits per heavy atom. The van der Waals surface area contributed by atoms with Crippen LogP contribution in [0.1, 0.15) is 32.5 Å². The molecule has 1 aromatic carbocycles. The molecule has 1 heterocycles. The van der Waals surface area contributed by atoms with Crippen LogP contribution in [0.4, 0.5) is 0 Å². The van der Waals surface area contributed by atoms with Crippen LogP contribution in [0.3, 0.4) is 0 Å². The standard InChI is InChI=1S/C16H18N2O2S/c1-2-17-9-10-18-16(20)13-7-4-3-6-12(13)15(19)14-8-5-11-21-14/h3-8,11,17H,2,9-10H2,1H3,(H,18,20). The van der Waals surface area contributed by atoms with Crippen molar-refractivity contribution in [2.45, 2.75) is 6.92 Å². The van der Waals surface area contributed by atoms with Crippen molar-refractivity contribution in [3.05, 3.63) is 57.8 Å². The molecule has 110 valence electrons. The van der Waals surface area contributed by atoms with Crippen LogP contribution in [0.2, 0.25) is 0 Å². The summed E-state index contributed by atoms with van der Waals surface area (Å²) in [6.07, 6.45) is 0. The van der Waals surface area contributed by atoms with E-state index in [9.17, 15) is 9.59 Å². The molecule has 0 spiro atoms. The van der Waals surface area contributed by atoms with Crippen LogP contribution in [0.15, 0.2) is 41.8 Å². The highest BCUT2D eigenvalue weighted by Crippen LogP contribution is 2.18. The Morgan fingerprint density at radius 1 is 1.05 bits per heavy atom. The normalized spacial score (nSPS) is 10.3. The Bertz CT molecular complexity index is 608. The minimum absolute atomic E-state index is 0.109. The van der Waals surface area contributed by atoms with Gasteiger partial charge in [-0.25, -0.2) is 0 Å². The van der Waals surface area contributed by atoms with Crippen molar-refractivity contribution in [2.24, 2.45) is 0 Å². The van der Waals surface area contributed by atoms with Crippen LogP contribution in [0, 0.1) is 0 Å². The number of thiophene rings is 1. The highest BCUT2D eigenvalue weighted by atomic mass is 32.1. The fraction of sp³-hybridized carbons (Fsp3) is 0.250. The van der Waals surface area contributed by atoms with Crippen LogP contribution >= 0.6 is 11.3 Å². The third-order valence-corrected chi connectivity index (χ3v) is 3.87. The molecule has 0 aliphatic heterocycles. The molecule has 0 fully saturated rings. The van der Waals surface area contributed by atoms with E-state index in [1.165, 1.54) is 11.3 Å². The van der Waals surface area contributed by atoms with Crippen molar-refractivity contribution in [1.29, 1.82) is 0 Å². The predicted molar refractivity (Wildman–Crippen MR) is 85.1 cm³/mol. The van der Waals surface area contributed by atoms with Gasteiger partial charge in [0.15, 0.2) is 0 Å². The molecule has 5 heteroatoms. The van der Waals surface area contributed by atoms with Crippen molar-refractivity contribution >= 4 is 23.0 Å². The predicted octanol–water partition coefficient (Wildman–Crippen LogP) is 2.32. The number of ketones is 1. The Kier molecular flexibility index (Phi) is 5.66. The lowest BCUT2D eigenvalue weighted by Gasteiger charge is -2.09. The summed E-state index contributed by atoms with van der Waals surface area (Å²) >= 11 is 1.38. The first-order valence-electron chi connectivity index (χ1n) is 6.90. The van der Waals surface area contributed by atoms with Crippen LogP contribution in [0.25, 0.3) is 0 Å². The second kappa shape index (κ2) is 7.71. The summed E-state index contributed by atoms with van der Waals surface area (Å²) in [7, 11) is 0. The van der Waals surface area contributed by atoms with E-state index in [0.717, 1.165) is 6.54 Å². The van der Waals surface area contributed by atoms with Crippen molar-refractivity contribution in [3.63, 3.8) is 0 Å².